The van der Waals surface area contributed by atoms with Gasteiger partial charge in [0.1, 0.15) is 10.8 Å². The van der Waals surface area contributed by atoms with Gasteiger partial charge in [0.25, 0.3) is 0 Å². The van der Waals surface area contributed by atoms with E-state index in [-0.39, 0.29) is 0 Å². The Morgan fingerprint density at radius 2 is 1.88 bits per heavy atom. The van der Waals surface area contributed by atoms with Gasteiger partial charge in [0, 0.05) is 37.8 Å². The van der Waals surface area contributed by atoms with Crippen molar-refractivity contribution in [2.24, 2.45) is 4.99 Å². The van der Waals surface area contributed by atoms with Crippen molar-refractivity contribution >= 4 is 23.1 Å². The SMILES string of the molecule is CCN(CC)c1ccc(CNC(=NC)NCc2nc(C)c(C)s2)cn1. The first kappa shape index (κ1) is 19.2. The molecular weight excluding hydrogens is 332 g/mol. The summed E-state index contributed by atoms with van der Waals surface area (Å²) in [6.45, 7) is 11.7. The molecule has 2 N–H and O–H groups in total. The van der Waals surface area contributed by atoms with E-state index in [1.807, 2.05) is 13.1 Å². The molecule has 2 heterocycles. The van der Waals surface area contributed by atoms with Crippen molar-refractivity contribution in [1.82, 2.24) is 20.6 Å². The first-order valence-corrected chi connectivity index (χ1v) is 9.46. The Kier molecular flexibility index (Phi) is 7.18. The molecule has 0 saturated carbocycles. The van der Waals surface area contributed by atoms with Gasteiger partial charge in [-0.15, -0.1) is 11.3 Å². The van der Waals surface area contributed by atoms with E-state index in [9.17, 15) is 0 Å². The van der Waals surface area contributed by atoms with Gasteiger partial charge in [0.15, 0.2) is 5.96 Å². The van der Waals surface area contributed by atoms with Crippen molar-refractivity contribution in [2.75, 3.05) is 25.0 Å². The maximum absolute atomic E-state index is 4.55. The number of guanidine groups is 1. The lowest BCUT2D eigenvalue weighted by Crippen LogP contribution is -2.36. The van der Waals surface area contributed by atoms with Crippen LogP contribution in [0.4, 0.5) is 5.82 Å². The van der Waals surface area contributed by atoms with Gasteiger partial charge in [-0.1, -0.05) is 6.07 Å². The molecule has 2 aromatic rings. The minimum Gasteiger partial charge on any atom is -0.357 e. The largest absolute Gasteiger partial charge is 0.357 e. The van der Waals surface area contributed by atoms with E-state index in [2.05, 4.69) is 63.4 Å². The Bertz CT molecular complexity index is 669. The molecule has 0 unspecified atom stereocenters. The number of aryl methyl sites for hydroxylation is 2. The van der Waals surface area contributed by atoms with Gasteiger partial charge >= 0.3 is 0 Å². The van der Waals surface area contributed by atoms with Gasteiger partial charge in [-0.05, 0) is 39.3 Å². The van der Waals surface area contributed by atoms with Crippen LogP contribution in [0.1, 0.15) is 35.0 Å². The molecular formula is C18H28N6S. The summed E-state index contributed by atoms with van der Waals surface area (Å²) in [5, 5.41) is 7.69. The second kappa shape index (κ2) is 9.36. The molecule has 136 valence electrons. The van der Waals surface area contributed by atoms with Crippen molar-refractivity contribution in [2.45, 2.75) is 40.8 Å². The summed E-state index contributed by atoms with van der Waals surface area (Å²) in [5.41, 5.74) is 2.23. The first-order valence-electron chi connectivity index (χ1n) is 8.64. The third kappa shape index (κ3) is 5.42. The highest BCUT2D eigenvalue weighted by atomic mass is 32.1. The topological polar surface area (TPSA) is 65.4 Å². The smallest absolute Gasteiger partial charge is 0.191 e. The number of anilines is 1. The fraction of sp³-hybridized carbons (Fsp3) is 0.500. The molecule has 0 saturated heterocycles. The van der Waals surface area contributed by atoms with Gasteiger partial charge < -0.3 is 15.5 Å². The Hall–Kier alpha value is -2.15. The van der Waals surface area contributed by atoms with Crippen LogP contribution in [0.5, 0.6) is 0 Å². The Morgan fingerprint density at radius 1 is 1.16 bits per heavy atom. The summed E-state index contributed by atoms with van der Waals surface area (Å²) < 4.78 is 0. The third-order valence-corrected chi connectivity index (χ3v) is 5.13. The Labute approximate surface area is 154 Å². The van der Waals surface area contributed by atoms with Gasteiger partial charge in [0.05, 0.1) is 12.2 Å². The minimum absolute atomic E-state index is 0.679. The number of aliphatic imine (C=N–C) groups is 1. The normalized spacial score (nSPS) is 11.5. The molecule has 2 rings (SSSR count). The molecule has 25 heavy (non-hydrogen) atoms. The van der Waals surface area contributed by atoms with Crippen molar-refractivity contribution in [3.63, 3.8) is 0 Å². The van der Waals surface area contributed by atoms with Gasteiger partial charge in [-0.25, -0.2) is 9.97 Å². The molecule has 0 spiro atoms. The molecule has 0 atom stereocenters. The number of hydrogen-bond donors (Lipinski definition) is 2. The summed E-state index contributed by atoms with van der Waals surface area (Å²) in [7, 11) is 1.77. The highest BCUT2D eigenvalue weighted by Gasteiger charge is 2.06. The zero-order chi connectivity index (χ0) is 18.2. The van der Waals surface area contributed by atoms with E-state index < -0.39 is 0 Å². The fourth-order valence-electron chi connectivity index (χ4n) is 2.44. The average Bonchev–Trinajstić information content (AvgIpc) is 2.95. The molecule has 2 aromatic heterocycles. The number of hydrogen-bond acceptors (Lipinski definition) is 5. The number of pyridine rings is 1. The van der Waals surface area contributed by atoms with E-state index in [1.54, 1.807) is 18.4 Å². The number of aromatic nitrogens is 2. The molecule has 0 aromatic carbocycles. The summed E-state index contributed by atoms with van der Waals surface area (Å²) in [5.74, 6) is 1.78. The van der Waals surface area contributed by atoms with Crippen LogP contribution >= 0.6 is 11.3 Å². The maximum Gasteiger partial charge on any atom is 0.191 e. The van der Waals surface area contributed by atoms with Crippen molar-refractivity contribution in [3.05, 3.63) is 39.5 Å². The summed E-state index contributed by atoms with van der Waals surface area (Å²) in [4.78, 5) is 16.8. The fourth-order valence-corrected chi connectivity index (χ4v) is 3.31. The predicted molar refractivity (Wildman–Crippen MR) is 106 cm³/mol. The van der Waals surface area contributed by atoms with Gasteiger partial charge in [0.2, 0.25) is 0 Å². The summed E-state index contributed by atoms with van der Waals surface area (Å²) >= 11 is 1.72. The number of thiazole rings is 1. The van der Waals surface area contributed by atoms with Crippen LogP contribution in [0, 0.1) is 13.8 Å². The highest BCUT2D eigenvalue weighted by Crippen LogP contribution is 2.16. The predicted octanol–water partition coefficient (Wildman–Crippen LogP) is 2.87. The van der Waals surface area contributed by atoms with E-state index in [0.29, 0.717) is 13.1 Å². The minimum atomic E-state index is 0.679. The van der Waals surface area contributed by atoms with Crippen LogP contribution in [0.2, 0.25) is 0 Å². The lowest BCUT2D eigenvalue weighted by atomic mass is 10.2. The highest BCUT2D eigenvalue weighted by molar-refractivity contribution is 7.11. The molecule has 7 heteroatoms. The quantitative estimate of drug-likeness (QED) is 0.587. The lowest BCUT2D eigenvalue weighted by molar-refractivity contribution is 0.798. The molecule has 0 fully saturated rings. The van der Waals surface area contributed by atoms with E-state index >= 15 is 0 Å². The molecule has 0 bridgehead atoms. The zero-order valence-corrected chi connectivity index (χ0v) is 16.6. The second-order valence-electron chi connectivity index (χ2n) is 5.73. The van der Waals surface area contributed by atoms with E-state index in [0.717, 1.165) is 41.1 Å². The number of rotatable bonds is 7. The molecule has 0 aliphatic rings. The van der Waals surface area contributed by atoms with E-state index in [1.165, 1.54) is 4.88 Å². The maximum atomic E-state index is 4.55. The third-order valence-electron chi connectivity index (χ3n) is 4.06. The zero-order valence-electron chi connectivity index (χ0n) is 15.8. The molecule has 0 amide bonds. The Morgan fingerprint density at radius 3 is 2.40 bits per heavy atom. The van der Waals surface area contributed by atoms with E-state index in [4.69, 9.17) is 0 Å². The van der Waals surface area contributed by atoms with Crippen molar-refractivity contribution in [3.8, 4) is 0 Å². The van der Waals surface area contributed by atoms with Crippen LogP contribution in [-0.4, -0.2) is 36.1 Å². The van der Waals surface area contributed by atoms with Gasteiger partial charge in [-0.2, -0.15) is 0 Å². The first-order chi connectivity index (χ1) is 12.1. The standard InChI is InChI=1S/C18H28N6S/c1-6-24(7-2)16-9-8-15(10-20-16)11-21-18(19-5)22-12-17-23-13(3)14(4)25-17/h8-10H,6-7,11-12H2,1-5H3,(H2,19,21,22). The summed E-state index contributed by atoms with van der Waals surface area (Å²) in [6.07, 6.45) is 1.92. The molecule has 0 radical (unpaired) electrons. The average molecular weight is 361 g/mol. The van der Waals surface area contributed by atoms with Crippen molar-refractivity contribution < 1.29 is 0 Å². The number of nitrogens with zero attached hydrogens (tertiary/aromatic N) is 4. The van der Waals surface area contributed by atoms with Crippen LogP contribution in [0.25, 0.3) is 0 Å². The molecule has 0 aliphatic heterocycles. The van der Waals surface area contributed by atoms with Crippen molar-refractivity contribution in [1.29, 1.82) is 0 Å². The monoisotopic (exact) mass is 360 g/mol. The number of nitrogens with one attached hydrogen (secondary N) is 2. The lowest BCUT2D eigenvalue weighted by Gasteiger charge is -2.19. The Balaban J connectivity index is 1.85. The van der Waals surface area contributed by atoms with Gasteiger partial charge in [-0.3, -0.25) is 4.99 Å². The molecule has 6 nitrogen and oxygen atoms in total. The van der Waals surface area contributed by atoms with Crippen LogP contribution in [0.3, 0.4) is 0 Å². The van der Waals surface area contributed by atoms with Crippen LogP contribution in [-0.2, 0) is 13.1 Å². The van der Waals surface area contributed by atoms with Crippen LogP contribution < -0.4 is 15.5 Å². The molecule has 0 aliphatic carbocycles. The van der Waals surface area contributed by atoms with Crippen LogP contribution in [0.15, 0.2) is 23.3 Å². The second-order valence-corrected chi connectivity index (χ2v) is 7.01. The summed E-state index contributed by atoms with van der Waals surface area (Å²) in [6, 6.07) is 4.18.